The summed E-state index contributed by atoms with van der Waals surface area (Å²) in [6.45, 7) is 5.08. The van der Waals surface area contributed by atoms with Crippen LogP contribution in [0, 0.1) is 0 Å². The molecular weight excluding hydrogens is 240 g/mol. The van der Waals surface area contributed by atoms with E-state index in [0.717, 1.165) is 31.7 Å². The van der Waals surface area contributed by atoms with Gasteiger partial charge in [-0.25, -0.2) is 0 Å². The third-order valence-electron chi connectivity index (χ3n) is 3.79. The highest BCUT2D eigenvalue weighted by atomic mass is 16.3. The van der Waals surface area contributed by atoms with E-state index in [1.165, 1.54) is 0 Å². The van der Waals surface area contributed by atoms with Crippen LogP contribution in [0.2, 0.25) is 0 Å². The molecule has 0 aliphatic carbocycles. The number of ketones is 1. The number of carbonyl (C=O) groups is 1. The molecule has 0 radical (unpaired) electrons. The van der Waals surface area contributed by atoms with Crippen LogP contribution >= 0.6 is 0 Å². The second kappa shape index (κ2) is 6.28. The maximum Gasteiger partial charge on any atom is 0.149 e. The normalized spacial score (nSPS) is 21.0. The Hall–Kier alpha value is -1.23. The Bertz CT molecular complexity index is 413. The monoisotopic (exact) mass is 262 g/mol. The third-order valence-corrected chi connectivity index (χ3v) is 3.79. The van der Waals surface area contributed by atoms with Crippen molar-refractivity contribution in [2.45, 2.75) is 19.1 Å². The molecule has 1 fully saturated rings. The molecule has 1 aliphatic rings. The topological polar surface area (TPSA) is 43.8 Å². The van der Waals surface area contributed by atoms with Gasteiger partial charge in [0.05, 0.1) is 6.04 Å². The first kappa shape index (κ1) is 14.2. The summed E-state index contributed by atoms with van der Waals surface area (Å²) < 4.78 is 0. The standard InChI is InChI=1S/C15H22N2O2/c1-12(18)14(17-10-8-16(2)9-11-17)15(19)13-6-4-3-5-7-13/h3-7,14-15,19H,8-11H2,1-2H3. The molecular formula is C15H22N2O2. The Kier molecular flexibility index (Phi) is 4.69. The average Bonchev–Trinajstić information content (AvgIpc) is 2.42. The van der Waals surface area contributed by atoms with Crippen molar-refractivity contribution in [1.29, 1.82) is 0 Å². The van der Waals surface area contributed by atoms with Crippen molar-refractivity contribution in [3.63, 3.8) is 0 Å². The average molecular weight is 262 g/mol. The maximum atomic E-state index is 11.9. The van der Waals surface area contributed by atoms with Crippen molar-refractivity contribution in [3.8, 4) is 0 Å². The molecule has 2 atom stereocenters. The van der Waals surface area contributed by atoms with Crippen molar-refractivity contribution in [1.82, 2.24) is 9.80 Å². The number of aliphatic hydroxyl groups excluding tert-OH is 1. The van der Waals surface area contributed by atoms with Gasteiger partial charge in [0.25, 0.3) is 0 Å². The van der Waals surface area contributed by atoms with Gasteiger partial charge in [-0.2, -0.15) is 0 Å². The lowest BCUT2D eigenvalue weighted by Crippen LogP contribution is -2.53. The lowest BCUT2D eigenvalue weighted by atomic mass is 9.97. The van der Waals surface area contributed by atoms with E-state index in [1.54, 1.807) is 6.92 Å². The molecule has 0 spiro atoms. The van der Waals surface area contributed by atoms with Crippen LogP contribution in [-0.4, -0.2) is 60.0 Å². The van der Waals surface area contributed by atoms with Crippen LogP contribution in [0.1, 0.15) is 18.6 Å². The molecule has 0 saturated carbocycles. The zero-order valence-corrected chi connectivity index (χ0v) is 11.6. The van der Waals surface area contributed by atoms with Gasteiger partial charge in [-0.05, 0) is 19.5 Å². The van der Waals surface area contributed by atoms with E-state index in [4.69, 9.17) is 0 Å². The van der Waals surface area contributed by atoms with E-state index >= 15 is 0 Å². The number of hydrogen-bond acceptors (Lipinski definition) is 4. The zero-order chi connectivity index (χ0) is 13.8. The molecule has 1 aliphatic heterocycles. The van der Waals surface area contributed by atoms with Gasteiger partial charge in [0.15, 0.2) is 0 Å². The van der Waals surface area contributed by atoms with Gasteiger partial charge in [-0.15, -0.1) is 0 Å². The van der Waals surface area contributed by atoms with Crippen molar-refractivity contribution >= 4 is 5.78 Å². The van der Waals surface area contributed by atoms with E-state index in [2.05, 4.69) is 16.8 Å². The highest BCUT2D eigenvalue weighted by Gasteiger charge is 2.32. The zero-order valence-electron chi connectivity index (χ0n) is 11.6. The number of aliphatic hydroxyl groups is 1. The van der Waals surface area contributed by atoms with E-state index in [1.807, 2.05) is 30.3 Å². The van der Waals surface area contributed by atoms with E-state index < -0.39 is 12.1 Å². The van der Waals surface area contributed by atoms with Gasteiger partial charge < -0.3 is 10.0 Å². The molecule has 2 rings (SSSR count). The van der Waals surface area contributed by atoms with E-state index in [9.17, 15) is 9.90 Å². The first-order chi connectivity index (χ1) is 9.09. The van der Waals surface area contributed by atoms with Crippen LogP contribution in [0.3, 0.4) is 0 Å². The number of Topliss-reactive ketones (excluding diaryl/α,β-unsaturated/α-hetero) is 1. The molecule has 1 saturated heterocycles. The number of carbonyl (C=O) groups excluding carboxylic acids is 1. The second-order valence-corrected chi connectivity index (χ2v) is 5.25. The molecule has 0 amide bonds. The highest BCUT2D eigenvalue weighted by Crippen LogP contribution is 2.22. The Morgan fingerprint density at radius 1 is 1.16 bits per heavy atom. The molecule has 0 aromatic heterocycles. The summed E-state index contributed by atoms with van der Waals surface area (Å²) in [4.78, 5) is 16.3. The quantitative estimate of drug-likeness (QED) is 0.876. The van der Waals surface area contributed by atoms with Gasteiger partial charge in [0, 0.05) is 26.2 Å². The van der Waals surface area contributed by atoms with Crippen LogP contribution in [0.15, 0.2) is 30.3 Å². The summed E-state index contributed by atoms with van der Waals surface area (Å²) in [7, 11) is 2.08. The number of likely N-dealkylation sites (N-methyl/N-ethyl adjacent to an activating group) is 1. The minimum atomic E-state index is -0.748. The summed E-state index contributed by atoms with van der Waals surface area (Å²) in [5.41, 5.74) is 0.807. The molecule has 4 nitrogen and oxygen atoms in total. The van der Waals surface area contributed by atoms with E-state index in [0.29, 0.717) is 0 Å². The second-order valence-electron chi connectivity index (χ2n) is 5.25. The van der Waals surface area contributed by atoms with Crippen LogP contribution in [0.25, 0.3) is 0 Å². The van der Waals surface area contributed by atoms with Crippen LogP contribution in [0.5, 0.6) is 0 Å². The maximum absolute atomic E-state index is 11.9. The van der Waals surface area contributed by atoms with Gasteiger partial charge in [-0.1, -0.05) is 30.3 Å². The van der Waals surface area contributed by atoms with Crippen LogP contribution in [-0.2, 0) is 4.79 Å². The fourth-order valence-corrected chi connectivity index (χ4v) is 2.61. The first-order valence-electron chi connectivity index (χ1n) is 6.75. The van der Waals surface area contributed by atoms with Crippen LogP contribution < -0.4 is 0 Å². The molecule has 0 bridgehead atoms. The third kappa shape index (κ3) is 3.41. The summed E-state index contributed by atoms with van der Waals surface area (Å²) in [5, 5.41) is 10.5. The van der Waals surface area contributed by atoms with Crippen LogP contribution in [0.4, 0.5) is 0 Å². The number of piperazine rings is 1. The smallest absolute Gasteiger partial charge is 0.149 e. The molecule has 19 heavy (non-hydrogen) atoms. The minimum Gasteiger partial charge on any atom is -0.386 e. The van der Waals surface area contributed by atoms with Crippen molar-refractivity contribution in [3.05, 3.63) is 35.9 Å². The van der Waals surface area contributed by atoms with E-state index in [-0.39, 0.29) is 5.78 Å². The predicted octanol–water partition coefficient (Wildman–Crippen LogP) is 0.925. The molecule has 104 valence electrons. The Balaban J connectivity index is 2.14. The number of benzene rings is 1. The molecule has 1 N–H and O–H groups in total. The van der Waals surface area contributed by atoms with Crippen molar-refractivity contribution < 1.29 is 9.90 Å². The molecule has 4 heteroatoms. The lowest BCUT2D eigenvalue weighted by Gasteiger charge is -2.38. The summed E-state index contributed by atoms with van der Waals surface area (Å²) in [5.74, 6) is 0.0286. The van der Waals surface area contributed by atoms with Crippen molar-refractivity contribution in [2.24, 2.45) is 0 Å². The fourth-order valence-electron chi connectivity index (χ4n) is 2.61. The molecule has 2 unspecified atom stereocenters. The van der Waals surface area contributed by atoms with Gasteiger partial charge in [-0.3, -0.25) is 9.69 Å². The van der Waals surface area contributed by atoms with Gasteiger partial charge >= 0.3 is 0 Å². The molecule has 1 heterocycles. The lowest BCUT2D eigenvalue weighted by molar-refractivity contribution is -0.127. The fraction of sp³-hybridized carbons (Fsp3) is 0.533. The Labute approximate surface area is 114 Å². The number of nitrogens with zero attached hydrogens (tertiary/aromatic N) is 2. The summed E-state index contributed by atoms with van der Waals surface area (Å²) in [6, 6.07) is 9.00. The first-order valence-corrected chi connectivity index (χ1v) is 6.75. The molecule has 1 aromatic rings. The van der Waals surface area contributed by atoms with Crippen molar-refractivity contribution in [2.75, 3.05) is 33.2 Å². The number of hydrogen-bond donors (Lipinski definition) is 1. The largest absolute Gasteiger partial charge is 0.386 e. The Morgan fingerprint density at radius 3 is 2.26 bits per heavy atom. The predicted molar refractivity (Wildman–Crippen MR) is 74.9 cm³/mol. The van der Waals surface area contributed by atoms with Gasteiger partial charge in [0.2, 0.25) is 0 Å². The SMILES string of the molecule is CC(=O)C(C(O)c1ccccc1)N1CCN(C)CC1. The minimum absolute atomic E-state index is 0.0286. The number of rotatable bonds is 4. The van der Waals surface area contributed by atoms with Gasteiger partial charge in [0.1, 0.15) is 11.9 Å². The summed E-state index contributed by atoms with van der Waals surface area (Å²) in [6.07, 6.45) is -0.748. The molecule has 1 aromatic carbocycles. The highest BCUT2D eigenvalue weighted by molar-refractivity contribution is 5.82. The summed E-state index contributed by atoms with van der Waals surface area (Å²) >= 11 is 0. The Morgan fingerprint density at radius 2 is 1.74 bits per heavy atom.